The standard InChI is InChI=1S/C62H90O6/c1-4-7-10-13-16-19-22-25-28-30-31-32-35-37-40-43-46-49-52-55-61(64)67-58-59(57-66-60(63)54-51-48-45-42-39-36-33-27-24-21-18-15-12-9-6-3)68-62(65)56-53-50-47-44-41-38-34-29-26-23-20-17-14-11-8-5-2/h7-12,15-21,24-29,31-33,36-41,47,50,59H,4-6,13-14,22-23,30,34-35,42-46,48-49,51-58H2,1-3H3/b10-7-,11-8-,12-9-,18-15-,19-16-,20-17-,24-21-,28-25-,29-26-,32-31-,33-27-,39-36-,40-37-,41-38-,50-47-. The first-order valence-electron chi connectivity index (χ1n) is 25.9. The van der Waals surface area contributed by atoms with Gasteiger partial charge in [0, 0.05) is 19.3 Å². The van der Waals surface area contributed by atoms with E-state index in [1.165, 1.54) is 0 Å². The minimum absolute atomic E-state index is 0.150. The minimum Gasteiger partial charge on any atom is -0.462 e. The number of hydrogen-bond donors (Lipinski definition) is 0. The van der Waals surface area contributed by atoms with E-state index in [0.29, 0.717) is 12.8 Å². The Kier molecular flexibility index (Phi) is 49.7. The second-order valence-corrected chi connectivity index (χ2v) is 16.1. The van der Waals surface area contributed by atoms with E-state index in [1.807, 2.05) is 60.8 Å². The summed E-state index contributed by atoms with van der Waals surface area (Å²) in [5.41, 5.74) is 0. The molecule has 0 rings (SSSR count). The van der Waals surface area contributed by atoms with Crippen LogP contribution in [0.2, 0.25) is 0 Å². The second-order valence-electron chi connectivity index (χ2n) is 16.1. The Balaban J connectivity index is 4.67. The average Bonchev–Trinajstić information content (AvgIpc) is 3.34. The maximum absolute atomic E-state index is 12.8. The van der Waals surface area contributed by atoms with Gasteiger partial charge >= 0.3 is 17.9 Å². The first-order valence-corrected chi connectivity index (χ1v) is 25.9. The highest BCUT2D eigenvalue weighted by Crippen LogP contribution is 2.10. The van der Waals surface area contributed by atoms with Crippen molar-refractivity contribution in [3.05, 3.63) is 182 Å². The number of rotatable bonds is 43. The molecule has 0 N–H and O–H groups in total. The summed E-state index contributed by atoms with van der Waals surface area (Å²) >= 11 is 0. The summed E-state index contributed by atoms with van der Waals surface area (Å²) in [6.45, 7) is 6.10. The number of carbonyl (C=O) groups is 3. The Hall–Kier alpha value is -5.49. The fourth-order valence-electron chi connectivity index (χ4n) is 6.01. The Morgan fingerprint density at radius 1 is 0.309 bits per heavy atom. The maximum Gasteiger partial charge on any atom is 0.306 e. The smallest absolute Gasteiger partial charge is 0.306 e. The lowest BCUT2D eigenvalue weighted by molar-refractivity contribution is -0.166. The molecule has 6 heteroatoms. The van der Waals surface area contributed by atoms with Gasteiger partial charge in [-0.25, -0.2) is 0 Å². The fourth-order valence-corrected chi connectivity index (χ4v) is 6.01. The van der Waals surface area contributed by atoms with E-state index in [2.05, 4.69) is 142 Å². The van der Waals surface area contributed by atoms with Crippen molar-refractivity contribution in [1.29, 1.82) is 0 Å². The number of carbonyl (C=O) groups excluding carboxylic acids is 3. The molecule has 0 amide bonds. The molecule has 0 aliphatic carbocycles. The van der Waals surface area contributed by atoms with E-state index in [9.17, 15) is 14.4 Å². The molecule has 1 unspecified atom stereocenters. The van der Waals surface area contributed by atoms with Crippen molar-refractivity contribution in [2.45, 2.75) is 175 Å². The van der Waals surface area contributed by atoms with Crippen molar-refractivity contribution >= 4 is 17.9 Å². The fraction of sp³-hybridized carbons (Fsp3) is 0.468. The topological polar surface area (TPSA) is 78.9 Å². The quantitative estimate of drug-likeness (QED) is 0.0199. The highest BCUT2D eigenvalue weighted by Gasteiger charge is 2.19. The number of esters is 3. The molecule has 0 fully saturated rings. The Morgan fingerprint density at radius 2 is 0.632 bits per heavy atom. The summed E-state index contributed by atoms with van der Waals surface area (Å²) in [6.07, 6.45) is 81.7. The molecule has 0 heterocycles. The summed E-state index contributed by atoms with van der Waals surface area (Å²) in [6, 6.07) is 0. The molecule has 374 valence electrons. The van der Waals surface area contributed by atoms with Crippen LogP contribution in [-0.2, 0) is 28.6 Å². The predicted molar refractivity (Wildman–Crippen MR) is 292 cm³/mol. The molecule has 68 heavy (non-hydrogen) atoms. The number of hydrogen-bond acceptors (Lipinski definition) is 6. The zero-order valence-corrected chi connectivity index (χ0v) is 42.5. The normalized spacial score (nSPS) is 13.6. The van der Waals surface area contributed by atoms with E-state index < -0.39 is 12.1 Å². The first kappa shape index (κ1) is 62.5. The van der Waals surface area contributed by atoms with Crippen LogP contribution in [0.5, 0.6) is 0 Å². The van der Waals surface area contributed by atoms with Crippen molar-refractivity contribution in [3.63, 3.8) is 0 Å². The molecule has 0 aliphatic rings. The first-order chi connectivity index (χ1) is 33.5. The van der Waals surface area contributed by atoms with E-state index in [-0.39, 0.29) is 44.4 Å². The van der Waals surface area contributed by atoms with E-state index >= 15 is 0 Å². The van der Waals surface area contributed by atoms with E-state index in [1.54, 1.807) is 0 Å². The van der Waals surface area contributed by atoms with Crippen molar-refractivity contribution in [2.75, 3.05) is 13.2 Å². The molecule has 0 aromatic heterocycles. The molecule has 0 aliphatic heterocycles. The van der Waals surface area contributed by atoms with Crippen LogP contribution >= 0.6 is 0 Å². The molecular weight excluding hydrogens is 841 g/mol. The molecule has 0 spiro atoms. The Labute approximate surface area is 414 Å². The molecule has 0 bridgehead atoms. The van der Waals surface area contributed by atoms with Gasteiger partial charge in [0.1, 0.15) is 13.2 Å². The summed E-state index contributed by atoms with van der Waals surface area (Å²) in [5.74, 6) is -1.12. The van der Waals surface area contributed by atoms with Crippen molar-refractivity contribution in [1.82, 2.24) is 0 Å². The molecule has 0 aromatic carbocycles. The second kappa shape index (κ2) is 54.1. The molecule has 0 aromatic rings. The number of ether oxygens (including phenoxy) is 3. The summed E-state index contributed by atoms with van der Waals surface area (Å²) in [7, 11) is 0. The van der Waals surface area contributed by atoms with Crippen LogP contribution in [0.15, 0.2) is 182 Å². The zero-order valence-electron chi connectivity index (χ0n) is 42.5. The van der Waals surface area contributed by atoms with Gasteiger partial charge in [0.25, 0.3) is 0 Å². The van der Waals surface area contributed by atoms with Gasteiger partial charge in [-0.1, -0.05) is 216 Å². The van der Waals surface area contributed by atoms with Crippen molar-refractivity contribution in [2.24, 2.45) is 0 Å². The van der Waals surface area contributed by atoms with Gasteiger partial charge in [0.2, 0.25) is 0 Å². The molecule has 6 nitrogen and oxygen atoms in total. The van der Waals surface area contributed by atoms with Crippen LogP contribution in [0.25, 0.3) is 0 Å². The monoisotopic (exact) mass is 931 g/mol. The zero-order chi connectivity index (χ0) is 49.3. The number of unbranched alkanes of at least 4 members (excludes halogenated alkanes) is 6. The molecule has 0 radical (unpaired) electrons. The Bertz CT molecular complexity index is 1680. The molecule has 0 saturated heterocycles. The minimum atomic E-state index is -0.860. The average molecular weight is 931 g/mol. The van der Waals surface area contributed by atoms with Crippen LogP contribution in [0, 0.1) is 0 Å². The molecular formula is C62H90O6. The van der Waals surface area contributed by atoms with E-state index in [4.69, 9.17) is 14.2 Å². The van der Waals surface area contributed by atoms with Gasteiger partial charge in [0.05, 0.1) is 0 Å². The van der Waals surface area contributed by atoms with Gasteiger partial charge in [0.15, 0.2) is 6.10 Å². The van der Waals surface area contributed by atoms with Gasteiger partial charge in [-0.15, -0.1) is 0 Å². The van der Waals surface area contributed by atoms with Crippen LogP contribution < -0.4 is 0 Å². The van der Waals surface area contributed by atoms with Crippen LogP contribution in [0.4, 0.5) is 0 Å². The predicted octanol–water partition coefficient (Wildman–Crippen LogP) is 17.4. The summed E-state index contributed by atoms with van der Waals surface area (Å²) < 4.78 is 16.7. The lowest BCUT2D eigenvalue weighted by Crippen LogP contribution is -2.30. The van der Waals surface area contributed by atoms with Crippen LogP contribution in [0.1, 0.15) is 168 Å². The van der Waals surface area contributed by atoms with Gasteiger partial charge in [-0.3, -0.25) is 14.4 Å². The highest BCUT2D eigenvalue weighted by molar-refractivity contribution is 5.71. The highest BCUT2D eigenvalue weighted by atomic mass is 16.6. The van der Waals surface area contributed by atoms with Crippen molar-refractivity contribution in [3.8, 4) is 0 Å². The number of allylic oxidation sites excluding steroid dienone is 30. The van der Waals surface area contributed by atoms with Gasteiger partial charge < -0.3 is 14.2 Å². The third kappa shape index (κ3) is 51.5. The van der Waals surface area contributed by atoms with Crippen molar-refractivity contribution < 1.29 is 28.6 Å². The lowest BCUT2D eigenvalue weighted by atomic mass is 10.1. The third-order valence-corrected chi connectivity index (χ3v) is 9.78. The van der Waals surface area contributed by atoms with Crippen LogP contribution in [-0.4, -0.2) is 37.2 Å². The lowest BCUT2D eigenvalue weighted by Gasteiger charge is -2.18. The third-order valence-electron chi connectivity index (χ3n) is 9.78. The van der Waals surface area contributed by atoms with E-state index in [0.717, 1.165) is 116 Å². The Morgan fingerprint density at radius 3 is 1.03 bits per heavy atom. The van der Waals surface area contributed by atoms with Gasteiger partial charge in [-0.05, 0) is 116 Å². The summed E-state index contributed by atoms with van der Waals surface area (Å²) in [4.78, 5) is 38.0. The van der Waals surface area contributed by atoms with Gasteiger partial charge in [-0.2, -0.15) is 0 Å². The SMILES string of the molecule is CC\C=C/C=C\C=C/C=C\C=C/CCCCCC(=O)OCC(COC(=O)CCCCC/C=C\C/C=C\C/C=C\C/C=C\C/C=C\CC)OC(=O)CC/C=C\C/C=C\C/C=C\C/C=C\C/C=C\CC. The molecule has 0 saturated carbocycles. The molecule has 1 atom stereocenters. The maximum atomic E-state index is 12.8. The largest absolute Gasteiger partial charge is 0.462 e. The summed E-state index contributed by atoms with van der Waals surface area (Å²) in [5, 5.41) is 0. The van der Waals surface area contributed by atoms with Crippen LogP contribution in [0.3, 0.4) is 0 Å².